The lowest BCUT2D eigenvalue weighted by molar-refractivity contribution is 0.144. The van der Waals surface area contributed by atoms with Gasteiger partial charge in [0.25, 0.3) is 0 Å². The van der Waals surface area contributed by atoms with Crippen molar-refractivity contribution in [2.45, 2.75) is 5.60 Å². The molecule has 0 amide bonds. The van der Waals surface area contributed by atoms with Gasteiger partial charge in [0.2, 0.25) is 0 Å². The minimum absolute atomic E-state index is 0.888. The standard InChI is InChI=1S/C29H24OS2/c30-29(20-9-7-16-24-12-3-1-4-13-24,21-10-8-17-25-14-5-2-6-15-25)26-19-23-32-28(26)27-18-11-22-31-27/h1-23,30H. The molecular weight excluding hydrogens is 428 g/mol. The summed E-state index contributed by atoms with van der Waals surface area (Å²) in [6, 6.07) is 26.4. The fourth-order valence-electron chi connectivity index (χ4n) is 3.32. The smallest absolute Gasteiger partial charge is 0.128 e. The van der Waals surface area contributed by atoms with E-state index < -0.39 is 5.60 Å². The van der Waals surface area contributed by atoms with Crippen LogP contribution in [-0.2, 0) is 5.60 Å². The molecule has 0 aliphatic carbocycles. The molecule has 0 bridgehead atoms. The number of hydrogen-bond donors (Lipinski definition) is 1. The molecule has 2 heterocycles. The molecule has 32 heavy (non-hydrogen) atoms. The van der Waals surface area contributed by atoms with Crippen LogP contribution in [-0.4, -0.2) is 5.11 Å². The van der Waals surface area contributed by atoms with Crippen molar-refractivity contribution in [3.05, 3.63) is 143 Å². The topological polar surface area (TPSA) is 20.2 Å². The Morgan fingerprint density at radius 1 is 0.594 bits per heavy atom. The van der Waals surface area contributed by atoms with Crippen LogP contribution < -0.4 is 0 Å². The van der Waals surface area contributed by atoms with Crippen LogP contribution >= 0.6 is 22.7 Å². The molecule has 0 saturated carbocycles. The summed E-state index contributed by atoms with van der Waals surface area (Å²) in [4.78, 5) is 2.26. The Labute approximate surface area is 197 Å². The van der Waals surface area contributed by atoms with E-state index in [-0.39, 0.29) is 0 Å². The molecule has 0 aliphatic rings. The Balaban J connectivity index is 1.62. The van der Waals surface area contributed by atoms with Gasteiger partial charge in [0.05, 0.1) is 4.88 Å². The molecule has 4 rings (SSSR count). The van der Waals surface area contributed by atoms with Crippen molar-refractivity contribution in [1.29, 1.82) is 0 Å². The lowest BCUT2D eigenvalue weighted by atomic mass is 9.92. The third-order valence-electron chi connectivity index (χ3n) is 4.94. The first kappa shape index (κ1) is 22.0. The average molecular weight is 453 g/mol. The zero-order valence-electron chi connectivity index (χ0n) is 17.5. The first-order valence-electron chi connectivity index (χ1n) is 10.4. The van der Waals surface area contributed by atoms with Gasteiger partial charge in [0, 0.05) is 10.4 Å². The maximum atomic E-state index is 11.7. The third-order valence-corrected chi connectivity index (χ3v) is 6.91. The molecule has 0 aliphatic heterocycles. The second-order valence-electron chi connectivity index (χ2n) is 7.22. The molecule has 1 N–H and O–H groups in total. The van der Waals surface area contributed by atoms with Gasteiger partial charge in [-0.25, -0.2) is 0 Å². The average Bonchev–Trinajstić information content (AvgIpc) is 3.53. The summed E-state index contributed by atoms with van der Waals surface area (Å²) >= 11 is 3.34. The lowest BCUT2D eigenvalue weighted by Gasteiger charge is -2.21. The van der Waals surface area contributed by atoms with Crippen LogP contribution in [0.25, 0.3) is 21.9 Å². The van der Waals surface area contributed by atoms with Gasteiger partial charge in [-0.1, -0.05) is 103 Å². The molecule has 2 aromatic carbocycles. The van der Waals surface area contributed by atoms with Crippen LogP contribution in [0.15, 0.2) is 126 Å². The first-order valence-corrected chi connectivity index (χ1v) is 12.2. The third kappa shape index (κ3) is 5.71. The maximum Gasteiger partial charge on any atom is 0.128 e. The molecule has 0 unspecified atom stereocenters. The van der Waals surface area contributed by atoms with E-state index in [1.807, 2.05) is 103 Å². The van der Waals surface area contributed by atoms with Crippen LogP contribution in [0.1, 0.15) is 16.7 Å². The summed E-state index contributed by atoms with van der Waals surface area (Å²) in [5, 5.41) is 15.8. The highest BCUT2D eigenvalue weighted by molar-refractivity contribution is 7.20. The van der Waals surface area contributed by atoms with Gasteiger partial charge in [0.15, 0.2) is 0 Å². The number of aliphatic hydroxyl groups is 1. The van der Waals surface area contributed by atoms with Crippen molar-refractivity contribution in [2.24, 2.45) is 0 Å². The molecule has 158 valence electrons. The second-order valence-corrected chi connectivity index (χ2v) is 9.09. The molecule has 3 heteroatoms. The van der Waals surface area contributed by atoms with Crippen molar-refractivity contribution >= 4 is 34.8 Å². The molecule has 0 atom stereocenters. The van der Waals surface area contributed by atoms with Crippen LogP contribution in [0.4, 0.5) is 0 Å². The van der Waals surface area contributed by atoms with Crippen LogP contribution in [0.3, 0.4) is 0 Å². The van der Waals surface area contributed by atoms with Gasteiger partial charge in [-0.15, -0.1) is 22.7 Å². The molecule has 1 nitrogen and oxygen atoms in total. The molecule has 0 radical (unpaired) electrons. The normalized spacial score (nSPS) is 14.2. The zero-order chi connectivity index (χ0) is 22.1. The number of thiophene rings is 2. The number of hydrogen-bond acceptors (Lipinski definition) is 3. The van der Waals surface area contributed by atoms with E-state index in [1.165, 1.54) is 0 Å². The summed E-state index contributed by atoms with van der Waals surface area (Å²) in [6.45, 7) is 0. The van der Waals surface area contributed by atoms with Gasteiger partial charge in [-0.05, 0) is 46.2 Å². The summed E-state index contributed by atoms with van der Waals surface area (Å²) in [5.41, 5.74) is 1.91. The number of allylic oxidation sites excluding steroid dienone is 4. The number of benzene rings is 2. The van der Waals surface area contributed by atoms with Gasteiger partial charge < -0.3 is 5.11 Å². The molecular formula is C29H24OS2. The number of rotatable bonds is 8. The fraction of sp³-hybridized carbons (Fsp3) is 0.0345. The molecule has 0 fully saturated rings. The van der Waals surface area contributed by atoms with Crippen molar-refractivity contribution in [2.75, 3.05) is 0 Å². The van der Waals surface area contributed by atoms with E-state index in [0.29, 0.717) is 0 Å². The predicted octanol–water partition coefficient (Wildman–Crippen LogP) is 8.20. The summed E-state index contributed by atoms with van der Waals surface area (Å²) in [6.07, 6.45) is 15.5. The predicted molar refractivity (Wildman–Crippen MR) is 141 cm³/mol. The highest BCUT2D eigenvalue weighted by Crippen LogP contribution is 2.40. The Bertz CT molecular complexity index is 1150. The van der Waals surface area contributed by atoms with Crippen molar-refractivity contribution in [3.63, 3.8) is 0 Å². The van der Waals surface area contributed by atoms with Gasteiger partial charge >= 0.3 is 0 Å². The van der Waals surface area contributed by atoms with Crippen LogP contribution in [0, 0.1) is 0 Å². The Morgan fingerprint density at radius 3 is 1.72 bits per heavy atom. The highest BCUT2D eigenvalue weighted by atomic mass is 32.1. The van der Waals surface area contributed by atoms with E-state index in [9.17, 15) is 5.11 Å². The Morgan fingerprint density at radius 2 is 1.19 bits per heavy atom. The van der Waals surface area contributed by atoms with Crippen molar-refractivity contribution in [3.8, 4) is 9.75 Å². The summed E-state index contributed by atoms with van der Waals surface area (Å²) < 4.78 is 0. The Kier molecular flexibility index (Phi) is 7.47. The minimum atomic E-state index is -1.22. The van der Waals surface area contributed by atoms with Crippen LogP contribution in [0.5, 0.6) is 0 Å². The summed E-state index contributed by atoms with van der Waals surface area (Å²) in [7, 11) is 0. The SMILES string of the molecule is OC(C=CC=Cc1ccccc1)(C=CC=Cc1ccccc1)c1ccsc1-c1cccs1. The van der Waals surface area contributed by atoms with Gasteiger partial charge in [-0.2, -0.15) is 0 Å². The first-order chi connectivity index (χ1) is 15.7. The fourth-order valence-corrected chi connectivity index (χ4v) is 5.17. The minimum Gasteiger partial charge on any atom is -0.377 e. The Hall–Kier alpha value is -3.24. The van der Waals surface area contributed by atoms with E-state index in [4.69, 9.17) is 0 Å². The maximum absolute atomic E-state index is 11.7. The monoisotopic (exact) mass is 452 g/mol. The van der Waals surface area contributed by atoms with E-state index >= 15 is 0 Å². The molecule has 0 saturated heterocycles. The quantitative estimate of drug-likeness (QED) is 0.267. The van der Waals surface area contributed by atoms with Crippen LogP contribution in [0.2, 0.25) is 0 Å². The highest BCUT2D eigenvalue weighted by Gasteiger charge is 2.27. The van der Waals surface area contributed by atoms with Gasteiger partial charge in [-0.3, -0.25) is 0 Å². The lowest BCUT2D eigenvalue weighted by Crippen LogP contribution is -2.19. The molecule has 2 aromatic heterocycles. The second kappa shape index (κ2) is 10.9. The van der Waals surface area contributed by atoms with Gasteiger partial charge in [0.1, 0.15) is 5.60 Å². The van der Waals surface area contributed by atoms with Crippen molar-refractivity contribution in [1.82, 2.24) is 0 Å². The molecule has 4 aromatic rings. The van der Waals surface area contributed by atoms with Crippen molar-refractivity contribution < 1.29 is 5.11 Å². The summed E-state index contributed by atoms with van der Waals surface area (Å²) in [5.74, 6) is 0. The van der Waals surface area contributed by atoms with E-state index in [0.717, 1.165) is 26.4 Å². The molecule has 0 spiro atoms. The largest absolute Gasteiger partial charge is 0.377 e. The zero-order valence-corrected chi connectivity index (χ0v) is 19.2. The van der Waals surface area contributed by atoms with E-state index in [2.05, 4.69) is 35.7 Å². The van der Waals surface area contributed by atoms with E-state index in [1.54, 1.807) is 22.7 Å².